The van der Waals surface area contributed by atoms with Gasteiger partial charge >= 0.3 is 0 Å². The Balaban J connectivity index is 1.90. The van der Waals surface area contributed by atoms with Gasteiger partial charge in [-0.1, -0.05) is 0 Å². The van der Waals surface area contributed by atoms with E-state index in [4.69, 9.17) is 0 Å². The number of aromatic nitrogens is 3. The predicted molar refractivity (Wildman–Crippen MR) is 57.8 cm³/mol. The van der Waals surface area contributed by atoms with Crippen molar-refractivity contribution in [2.75, 3.05) is 18.4 Å². The number of pyridine rings is 1. The first-order valence-corrected chi connectivity index (χ1v) is 4.76. The van der Waals surface area contributed by atoms with Gasteiger partial charge in [0.15, 0.2) is 11.6 Å². The van der Waals surface area contributed by atoms with E-state index in [1.165, 1.54) is 0 Å². The Hall–Kier alpha value is -2.11. The van der Waals surface area contributed by atoms with Crippen LogP contribution in [0.2, 0.25) is 0 Å². The second kappa shape index (κ2) is 3.23. The van der Waals surface area contributed by atoms with Crippen molar-refractivity contribution < 1.29 is 0 Å². The molecule has 15 heavy (non-hydrogen) atoms. The molecule has 6 nitrogen and oxygen atoms in total. The van der Waals surface area contributed by atoms with Crippen molar-refractivity contribution >= 4 is 22.8 Å². The maximum Gasteiger partial charge on any atom is 0.195 e. The number of rotatable bonds is 1. The van der Waals surface area contributed by atoms with Gasteiger partial charge in [-0.25, -0.2) is 9.97 Å². The lowest BCUT2D eigenvalue weighted by Gasteiger charge is -2.05. The number of guanidine groups is 1. The predicted octanol–water partition coefficient (Wildman–Crippen LogP) is 0.329. The molecular weight excluding hydrogens is 192 g/mol. The van der Waals surface area contributed by atoms with Gasteiger partial charge in [0.1, 0.15) is 0 Å². The SMILES string of the molecule is c1nc2ncc(NC3=NCCN3)cc2[nH]1. The van der Waals surface area contributed by atoms with Crippen molar-refractivity contribution in [3.05, 3.63) is 18.6 Å². The molecule has 6 heteroatoms. The van der Waals surface area contributed by atoms with Crippen LogP contribution < -0.4 is 10.6 Å². The summed E-state index contributed by atoms with van der Waals surface area (Å²) >= 11 is 0. The van der Waals surface area contributed by atoms with Gasteiger partial charge < -0.3 is 15.6 Å². The first kappa shape index (κ1) is 8.22. The van der Waals surface area contributed by atoms with E-state index in [1.807, 2.05) is 6.07 Å². The second-order valence-electron chi connectivity index (χ2n) is 3.28. The van der Waals surface area contributed by atoms with Crippen molar-refractivity contribution in [3.8, 4) is 0 Å². The Labute approximate surface area is 85.8 Å². The smallest absolute Gasteiger partial charge is 0.195 e. The van der Waals surface area contributed by atoms with Crippen LogP contribution >= 0.6 is 0 Å². The van der Waals surface area contributed by atoms with E-state index in [0.717, 1.165) is 35.9 Å². The molecule has 3 heterocycles. The Morgan fingerprint density at radius 2 is 2.33 bits per heavy atom. The lowest BCUT2D eigenvalue weighted by atomic mass is 10.4. The molecule has 2 aromatic rings. The van der Waals surface area contributed by atoms with Gasteiger partial charge in [0.2, 0.25) is 0 Å². The molecule has 0 amide bonds. The van der Waals surface area contributed by atoms with E-state index in [1.54, 1.807) is 12.5 Å². The first-order chi connectivity index (χ1) is 7.42. The van der Waals surface area contributed by atoms with Crippen LogP contribution in [-0.2, 0) is 0 Å². The Bertz CT molecular complexity index is 514. The van der Waals surface area contributed by atoms with Gasteiger partial charge in [0.25, 0.3) is 0 Å². The molecule has 0 atom stereocenters. The monoisotopic (exact) mass is 202 g/mol. The highest BCUT2D eigenvalue weighted by atomic mass is 15.2. The lowest BCUT2D eigenvalue weighted by Crippen LogP contribution is -2.26. The maximum absolute atomic E-state index is 4.24. The molecule has 1 aliphatic heterocycles. The summed E-state index contributed by atoms with van der Waals surface area (Å²) in [6.45, 7) is 1.71. The summed E-state index contributed by atoms with van der Waals surface area (Å²) in [5, 5.41) is 6.28. The fourth-order valence-corrected chi connectivity index (χ4v) is 1.52. The normalized spacial score (nSPS) is 15.1. The summed E-state index contributed by atoms with van der Waals surface area (Å²) in [5.41, 5.74) is 2.54. The largest absolute Gasteiger partial charge is 0.354 e. The molecule has 0 saturated heterocycles. The molecule has 0 aliphatic carbocycles. The third-order valence-corrected chi connectivity index (χ3v) is 2.21. The van der Waals surface area contributed by atoms with Crippen molar-refractivity contribution in [2.24, 2.45) is 4.99 Å². The van der Waals surface area contributed by atoms with Crippen LogP contribution in [-0.4, -0.2) is 34.0 Å². The van der Waals surface area contributed by atoms with Crippen LogP contribution in [0.1, 0.15) is 0 Å². The van der Waals surface area contributed by atoms with Gasteiger partial charge in [-0.15, -0.1) is 0 Å². The highest BCUT2D eigenvalue weighted by molar-refractivity contribution is 5.95. The van der Waals surface area contributed by atoms with Crippen LogP contribution in [0.3, 0.4) is 0 Å². The number of nitrogens with one attached hydrogen (secondary N) is 3. The van der Waals surface area contributed by atoms with Crippen LogP contribution in [0.25, 0.3) is 11.2 Å². The molecule has 0 radical (unpaired) electrons. The molecular formula is C9H10N6. The minimum Gasteiger partial charge on any atom is -0.354 e. The van der Waals surface area contributed by atoms with E-state index in [2.05, 4.69) is 30.6 Å². The summed E-state index contributed by atoms with van der Waals surface area (Å²) in [4.78, 5) is 15.5. The zero-order valence-electron chi connectivity index (χ0n) is 7.99. The highest BCUT2D eigenvalue weighted by Gasteiger charge is 2.05. The Morgan fingerprint density at radius 3 is 3.20 bits per heavy atom. The van der Waals surface area contributed by atoms with Crippen LogP contribution in [0.15, 0.2) is 23.6 Å². The molecule has 0 unspecified atom stereocenters. The molecule has 0 fully saturated rings. The number of aliphatic imine (C=N–C) groups is 1. The second-order valence-corrected chi connectivity index (χ2v) is 3.28. The van der Waals surface area contributed by atoms with Crippen molar-refractivity contribution in [1.29, 1.82) is 0 Å². The van der Waals surface area contributed by atoms with E-state index in [-0.39, 0.29) is 0 Å². The quantitative estimate of drug-likeness (QED) is 0.622. The lowest BCUT2D eigenvalue weighted by molar-refractivity contribution is 0.959. The van der Waals surface area contributed by atoms with Crippen molar-refractivity contribution in [1.82, 2.24) is 20.3 Å². The van der Waals surface area contributed by atoms with E-state index < -0.39 is 0 Å². The fraction of sp³-hybridized carbons (Fsp3) is 0.222. The number of nitrogens with zero attached hydrogens (tertiary/aromatic N) is 3. The molecule has 3 N–H and O–H groups in total. The minimum atomic E-state index is 0.724. The molecule has 0 aromatic carbocycles. The molecule has 76 valence electrons. The Morgan fingerprint density at radius 1 is 1.33 bits per heavy atom. The summed E-state index contributed by atoms with van der Waals surface area (Å²) in [6.07, 6.45) is 3.37. The Kier molecular flexibility index (Phi) is 1.77. The van der Waals surface area contributed by atoms with E-state index in [9.17, 15) is 0 Å². The highest BCUT2D eigenvalue weighted by Crippen LogP contribution is 2.12. The topological polar surface area (TPSA) is 78.0 Å². The number of aromatic amines is 1. The van der Waals surface area contributed by atoms with Crippen LogP contribution in [0.4, 0.5) is 5.69 Å². The summed E-state index contributed by atoms with van der Waals surface area (Å²) < 4.78 is 0. The molecule has 3 rings (SSSR count). The average molecular weight is 202 g/mol. The fourth-order valence-electron chi connectivity index (χ4n) is 1.52. The number of hydrogen-bond donors (Lipinski definition) is 3. The van der Waals surface area contributed by atoms with Crippen molar-refractivity contribution in [2.45, 2.75) is 0 Å². The third kappa shape index (κ3) is 1.50. The molecule has 2 aromatic heterocycles. The average Bonchev–Trinajstić information content (AvgIpc) is 2.87. The van der Waals surface area contributed by atoms with E-state index in [0.29, 0.717) is 0 Å². The van der Waals surface area contributed by atoms with Crippen molar-refractivity contribution in [3.63, 3.8) is 0 Å². The number of fused-ring (bicyclic) bond motifs is 1. The zero-order valence-corrected chi connectivity index (χ0v) is 7.99. The van der Waals surface area contributed by atoms with Crippen LogP contribution in [0.5, 0.6) is 0 Å². The van der Waals surface area contributed by atoms with Gasteiger partial charge in [-0.05, 0) is 6.07 Å². The zero-order chi connectivity index (χ0) is 10.1. The summed E-state index contributed by atoms with van der Waals surface area (Å²) in [6, 6.07) is 1.96. The minimum absolute atomic E-state index is 0.724. The summed E-state index contributed by atoms with van der Waals surface area (Å²) in [5.74, 6) is 0.802. The summed E-state index contributed by atoms with van der Waals surface area (Å²) in [7, 11) is 0. The molecule has 0 spiro atoms. The number of imidazole rings is 1. The third-order valence-electron chi connectivity index (χ3n) is 2.21. The maximum atomic E-state index is 4.24. The molecule has 0 bridgehead atoms. The van der Waals surface area contributed by atoms with Gasteiger partial charge in [0, 0.05) is 6.54 Å². The number of H-pyrrole nitrogens is 1. The van der Waals surface area contributed by atoms with Crippen LogP contribution in [0, 0.1) is 0 Å². The molecule has 1 aliphatic rings. The van der Waals surface area contributed by atoms with Gasteiger partial charge in [0.05, 0.1) is 30.3 Å². The van der Waals surface area contributed by atoms with E-state index >= 15 is 0 Å². The number of anilines is 1. The number of hydrogen-bond acceptors (Lipinski definition) is 5. The standard InChI is InChI=1S/C9H10N6/c1-2-11-9(10-1)15-6-3-7-8(12-4-6)14-5-13-7/h3-5H,1-2H2,(H2,10,11,15)(H,12,13,14). The first-order valence-electron chi connectivity index (χ1n) is 4.76. The molecule has 0 saturated carbocycles. The van der Waals surface area contributed by atoms with Gasteiger partial charge in [-0.3, -0.25) is 4.99 Å². The van der Waals surface area contributed by atoms with Gasteiger partial charge in [-0.2, -0.15) is 0 Å².